The van der Waals surface area contributed by atoms with Crippen molar-refractivity contribution in [3.63, 3.8) is 0 Å². The van der Waals surface area contributed by atoms with Crippen molar-refractivity contribution in [2.45, 2.75) is 5.54 Å². The van der Waals surface area contributed by atoms with Crippen molar-refractivity contribution in [2.75, 3.05) is 45.0 Å². The van der Waals surface area contributed by atoms with Crippen LogP contribution in [0.25, 0.3) is 0 Å². The molecule has 4 heterocycles. The van der Waals surface area contributed by atoms with Gasteiger partial charge in [0.15, 0.2) is 5.11 Å². The first-order valence-electron chi connectivity index (χ1n) is 7.02. The van der Waals surface area contributed by atoms with Crippen molar-refractivity contribution >= 4 is 23.0 Å². The number of thiocarbonyl (C=S) groups is 1. The topological polar surface area (TPSA) is 33.8 Å². The number of hydrogen-bond acceptors (Lipinski definition) is 4. The molecule has 5 rings (SSSR count). The van der Waals surface area contributed by atoms with Crippen LogP contribution in [0, 0.1) is 0 Å². The Morgan fingerprint density at radius 2 is 1.50 bits per heavy atom. The standard InChI is InChI=1S/C14H19N5S/c20-13(15-12-4-2-1-3-5-12)16-14-6-17-9-18(7-14)11-19(8-14)10-17/h1-5H,6-11H2,(H2,15,16,20). The minimum absolute atomic E-state index is 0.0770. The normalized spacial score (nSPS) is 37.7. The molecular weight excluding hydrogens is 270 g/mol. The van der Waals surface area contributed by atoms with Crippen LogP contribution >= 0.6 is 12.2 Å². The monoisotopic (exact) mass is 289 g/mol. The van der Waals surface area contributed by atoms with Crippen molar-refractivity contribution in [1.82, 2.24) is 20.0 Å². The molecule has 2 N–H and O–H groups in total. The van der Waals surface area contributed by atoms with Crippen molar-refractivity contribution in [3.05, 3.63) is 30.3 Å². The lowest BCUT2D eigenvalue weighted by Crippen LogP contribution is -2.80. The molecule has 106 valence electrons. The van der Waals surface area contributed by atoms with Gasteiger partial charge in [-0.25, -0.2) is 0 Å². The molecule has 0 aromatic heterocycles. The Kier molecular flexibility index (Phi) is 2.92. The minimum atomic E-state index is 0.0770. The van der Waals surface area contributed by atoms with Gasteiger partial charge in [0.05, 0.1) is 25.5 Å². The van der Waals surface area contributed by atoms with E-state index in [0.717, 1.165) is 50.4 Å². The molecule has 0 radical (unpaired) electrons. The van der Waals surface area contributed by atoms with Crippen LogP contribution in [0.3, 0.4) is 0 Å². The molecule has 20 heavy (non-hydrogen) atoms. The van der Waals surface area contributed by atoms with Gasteiger partial charge in [-0.3, -0.25) is 14.7 Å². The average molecular weight is 289 g/mol. The largest absolute Gasteiger partial charge is 0.353 e. The zero-order valence-corrected chi connectivity index (χ0v) is 12.2. The Bertz CT molecular complexity index is 482. The average Bonchev–Trinajstić information content (AvgIpc) is 2.37. The third-order valence-corrected chi connectivity index (χ3v) is 4.39. The van der Waals surface area contributed by atoms with E-state index in [-0.39, 0.29) is 5.54 Å². The van der Waals surface area contributed by atoms with Gasteiger partial charge in [0.2, 0.25) is 0 Å². The van der Waals surface area contributed by atoms with Crippen LogP contribution in [0.2, 0.25) is 0 Å². The van der Waals surface area contributed by atoms with E-state index < -0.39 is 0 Å². The zero-order chi connectivity index (χ0) is 13.6. The molecule has 6 heteroatoms. The Morgan fingerprint density at radius 1 is 0.950 bits per heavy atom. The van der Waals surface area contributed by atoms with Crippen LogP contribution in [-0.4, -0.2) is 65.0 Å². The van der Waals surface area contributed by atoms with Crippen molar-refractivity contribution in [2.24, 2.45) is 0 Å². The van der Waals surface area contributed by atoms with E-state index in [1.165, 1.54) is 0 Å². The molecule has 5 nitrogen and oxygen atoms in total. The molecule has 4 bridgehead atoms. The molecule has 0 aliphatic carbocycles. The quantitative estimate of drug-likeness (QED) is 0.773. The summed E-state index contributed by atoms with van der Waals surface area (Å²) in [4.78, 5) is 7.44. The van der Waals surface area contributed by atoms with E-state index in [1.807, 2.05) is 30.3 Å². The molecule has 0 saturated carbocycles. The summed E-state index contributed by atoms with van der Waals surface area (Å²) in [6.07, 6.45) is 0. The number of para-hydroxylation sites is 1. The smallest absolute Gasteiger partial charge is 0.171 e. The second-order valence-electron chi connectivity index (χ2n) is 6.14. The van der Waals surface area contributed by atoms with Crippen LogP contribution < -0.4 is 10.6 Å². The van der Waals surface area contributed by atoms with E-state index in [9.17, 15) is 0 Å². The van der Waals surface area contributed by atoms with Gasteiger partial charge < -0.3 is 10.6 Å². The van der Waals surface area contributed by atoms with Crippen molar-refractivity contribution < 1.29 is 0 Å². The Hall–Kier alpha value is -1.21. The summed E-state index contributed by atoms with van der Waals surface area (Å²) in [6, 6.07) is 10.1. The van der Waals surface area contributed by atoms with Crippen molar-refractivity contribution in [1.29, 1.82) is 0 Å². The Labute approximate surface area is 124 Å². The van der Waals surface area contributed by atoms with Gasteiger partial charge in [-0.15, -0.1) is 0 Å². The predicted molar refractivity (Wildman–Crippen MR) is 83.2 cm³/mol. The summed E-state index contributed by atoms with van der Waals surface area (Å²) in [5.41, 5.74) is 1.11. The fourth-order valence-corrected chi connectivity index (χ4v) is 4.09. The zero-order valence-electron chi connectivity index (χ0n) is 11.4. The van der Waals surface area contributed by atoms with Crippen molar-refractivity contribution in [3.8, 4) is 0 Å². The molecule has 0 atom stereocenters. The lowest BCUT2D eigenvalue weighted by Gasteiger charge is -2.60. The van der Waals surface area contributed by atoms with Crippen LogP contribution in [0.5, 0.6) is 0 Å². The molecule has 1 aromatic rings. The molecule has 0 unspecified atom stereocenters. The van der Waals surface area contributed by atoms with E-state index in [1.54, 1.807) is 0 Å². The first-order valence-corrected chi connectivity index (χ1v) is 7.43. The molecule has 4 aliphatic heterocycles. The first-order chi connectivity index (χ1) is 9.71. The molecule has 4 aliphatic rings. The summed E-state index contributed by atoms with van der Waals surface area (Å²) in [5.74, 6) is 0. The summed E-state index contributed by atoms with van der Waals surface area (Å²) in [6.45, 7) is 6.53. The summed E-state index contributed by atoms with van der Waals surface area (Å²) < 4.78 is 0. The van der Waals surface area contributed by atoms with Crippen LogP contribution in [0.1, 0.15) is 0 Å². The van der Waals surface area contributed by atoms with Gasteiger partial charge in [-0.1, -0.05) is 18.2 Å². The Balaban J connectivity index is 1.45. The third-order valence-electron chi connectivity index (χ3n) is 4.19. The van der Waals surface area contributed by atoms with E-state index >= 15 is 0 Å². The highest BCUT2D eigenvalue weighted by molar-refractivity contribution is 7.80. The van der Waals surface area contributed by atoms with Crippen LogP contribution in [-0.2, 0) is 0 Å². The third kappa shape index (κ3) is 2.29. The fraction of sp³-hybridized carbons (Fsp3) is 0.500. The molecule has 4 fully saturated rings. The Morgan fingerprint density at radius 3 is 2.05 bits per heavy atom. The van der Waals surface area contributed by atoms with E-state index in [2.05, 4.69) is 25.3 Å². The number of nitrogens with zero attached hydrogens (tertiary/aromatic N) is 3. The number of rotatable bonds is 2. The molecule has 4 saturated heterocycles. The maximum absolute atomic E-state index is 5.49. The molecule has 1 aromatic carbocycles. The molecule has 0 spiro atoms. The SMILES string of the molecule is S=C(Nc1ccccc1)NC12CN3CN(CN(C3)C1)C2. The second-order valence-corrected chi connectivity index (χ2v) is 6.54. The van der Waals surface area contributed by atoms with Gasteiger partial charge in [0.25, 0.3) is 0 Å². The number of anilines is 1. The molecule has 0 amide bonds. The van der Waals surface area contributed by atoms with Gasteiger partial charge in [0.1, 0.15) is 0 Å². The number of nitrogens with one attached hydrogen (secondary N) is 2. The van der Waals surface area contributed by atoms with Gasteiger partial charge >= 0.3 is 0 Å². The lowest BCUT2D eigenvalue weighted by atomic mass is 9.91. The van der Waals surface area contributed by atoms with E-state index in [4.69, 9.17) is 12.2 Å². The fourth-order valence-electron chi connectivity index (χ4n) is 3.76. The van der Waals surface area contributed by atoms with Crippen LogP contribution in [0.15, 0.2) is 30.3 Å². The highest BCUT2D eigenvalue weighted by atomic mass is 32.1. The number of hydrogen-bond donors (Lipinski definition) is 2. The highest BCUT2D eigenvalue weighted by Crippen LogP contribution is 2.28. The van der Waals surface area contributed by atoms with Gasteiger partial charge in [-0.05, 0) is 24.4 Å². The minimum Gasteiger partial charge on any atom is -0.353 e. The van der Waals surface area contributed by atoms with E-state index in [0.29, 0.717) is 0 Å². The summed E-state index contributed by atoms with van der Waals surface area (Å²) in [5, 5.41) is 7.57. The maximum atomic E-state index is 5.49. The highest BCUT2D eigenvalue weighted by Gasteiger charge is 2.48. The summed E-state index contributed by atoms with van der Waals surface area (Å²) in [7, 11) is 0. The van der Waals surface area contributed by atoms with Crippen LogP contribution in [0.4, 0.5) is 5.69 Å². The van der Waals surface area contributed by atoms with Gasteiger partial charge in [-0.2, -0.15) is 0 Å². The predicted octanol–water partition coefficient (Wildman–Crippen LogP) is 0.531. The van der Waals surface area contributed by atoms with Gasteiger partial charge in [0, 0.05) is 25.3 Å². The first kappa shape index (κ1) is 12.5. The maximum Gasteiger partial charge on any atom is 0.171 e. The number of benzene rings is 1. The second kappa shape index (κ2) is 4.66. The summed E-state index contributed by atoms with van der Waals surface area (Å²) >= 11 is 5.49. The molecular formula is C14H19N5S. The lowest BCUT2D eigenvalue weighted by molar-refractivity contribution is -0.145.